The second-order valence-corrected chi connectivity index (χ2v) is 10.4. The van der Waals surface area contributed by atoms with E-state index in [4.69, 9.17) is 9.47 Å². The predicted octanol–water partition coefficient (Wildman–Crippen LogP) is 2.84. The molecule has 2 aliphatic rings. The highest BCUT2D eigenvalue weighted by Gasteiger charge is 2.31. The van der Waals surface area contributed by atoms with Gasteiger partial charge in [0.05, 0.1) is 26.2 Å². The van der Waals surface area contributed by atoms with Crippen molar-refractivity contribution in [2.75, 3.05) is 39.9 Å². The van der Waals surface area contributed by atoms with Gasteiger partial charge in [-0.2, -0.15) is 0 Å². The summed E-state index contributed by atoms with van der Waals surface area (Å²) in [4.78, 5) is 39.8. The Balaban J connectivity index is 1.44. The summed E-state index contributed by atoms with van der Waals surface area (Å²) in [6.07, 6.45) is 2.99. The summed E-state index contributed by atoms with van der Waals surface area (Å²) in [6.45, 7) is 8.29. The molecule has 0 radical (unpaired) electrons. The summed E-state index contributed by atoms with van der Waals surface area (Å²) in [6, 6.07) is 0. The van der Waals surface area contributed by atoms with Gasteiger partial charge in [-0.15, -0.1) is 10.2 Å². The molecule has 2 amide bonds. The first-order valence-corrected chi connectivity index (χ1v) is 12.3. The lowest BCUT2D eigenvalue weighted by Crippen LogP contribution is -2.41. The number of esters is 1. The van der Waals surface area contributed by atoms with Gasteiger partial charge in [0.15, 0.2) is 0 Å². The van der Waals surface area contributed by atoms with Crippen LogP contribution in [0.25, 0.3) is 0 Å². The minimum Gasteiger partial charge on any atom is -0.469 e. The zero-order chi connectivity index (χ0) is 24.0. The van der Waals surface area contributed by atoms with Gasteiger partial charge >= 0.3 is 12.1 Å². The molecule has 10 nitrogen and oxygen atoms in total. The third kappa shape index (κ3) is 7.36. The predicted molar refractivity (Wildman–Crippen MR) is 121 cm³/mol. The number of carbonyl (C=O) groups excluding carboxylic acids is 3. The van der Waals surface area contributed by atoms with E-state index in [0.717, 1.165) is 30.7 Å². The van der Waals surface area contributed by atoms with Gasteiger partial charge in [0, 0.05) is 32.1 Å². The van der Waals surface area contributed by atoms with E-state index in [0.29, 0.717) is 37.8 Å². The Morgan fingerprint density at radius 1 is 1.00 bits per heavy atom. The number of methoxy groups -OCH3 is 1. The minimum atomic E-state index is -0.508. The number of hydrogen-bond acceptors (Lipinski definition) is 9. The Labute approximate surface area is 198 Å². The third-order valence-corrected chi connectivity index (χ3v) is 6.81. The molecule has 0 aliphatic carbocycles. The molecule has 11 heteroatoms. The van der Waals surface area contributed by atoms with Crippen LogP contribution >= 0.6 is 11.3 Å². The number of ether oxygens (including phenoxy) is 3. The van der Waals surface area contributed by atoms with Crippen molar-refractivity contribution in [3.8, 4) is 0 Å². The highest BCUT2D eigenvalue weighted by molar-refractivity contribution is 7.13. The quantitative estimate of drug-likeness (QED) is 0.569. The Morgan fingerprint density at radius 2 is 1.64 bits per heavy atom. The SMILES string of the molecule is COC(=O)CCOC1CCN(C(=O)c2nnc(C3CCN(C(=O)OC(C)(C)C)CC3)s2)CC1. The van der Waals surface area contributed by atoms with E-state index in [2.05, 4.69) is 14.9 Å². The minimum absolute atomic E-state index is 0.0406. The topological polar surface area (TPSA) is 111 Å². The summed E-state index contributed by atoms with van der Waals surface area (Å²) in [5.41, 5.74) is -0.508. The van der Waals surface area contributed by atoms with Crippen LogP contribution in [-0.2, 0) is 19.0 Å². The number of aromatic nitrogens is 2. The van der Waals surface area contributed by atoms with Crippen molar-refractivity contribution in [2.45, 2.75) is 70.5 Å². The third-order valence-electron chi connectivity index (χ3n) is 5.74. The molecular weight excluding hydrogens is 448 g/mol. The normalized spacial score (nSPS) is 18.3. The maximum atomic E-state index is 12.9. The molecule has 0 atom stereocenters. The first-order chi connectivity index (χ1) is 15.7. The van der Waals surface area contributed by atoms with Crippen molar-refractivity contribution >= 4 is 29.3 Å². The number of hydrogen-bond donors (Lipinski definition) is 0. The average Bonchev–Trinajstić information content (AvgIpc) is 3.28. The molecular formula is C22H34N4O6S. The zero-order valence-electron chi connectivity index (χ0n) is 19.9. The van der Waals surface area contributed by atoms with Crippen molar-refractivity contribution in [3.63, 3.8) is 0 Å². The first-order valence-electron chi connectivity index (χ1n) is 11.5. The summed E-state index contributed by atoms with van der Waals surface area (Å²) >= 11 is 1.35. The Kier molecular flexibility index (Phi) is 8.63. The van der Waals surface area contributed by atoms with Gasteiger partial charge in [-0.05, 0) is 46.5 Å². The maximum absolute atomic E-state index is 12.9. The summed E-state index contributed by atoms with van der Waals surface area (Å²) in [7, 11) is 1.36. The lowest BCUT2D eigenvalue weighted by molar-refractivity contribution is -0.142. The van der Waals surface area contributed by atoms with Crippen LogP contribution in [0, 0.1) is 0 Å². The summed E-state index contributed by atoms with van der Waals surface area (Å²) in [5.74, 6) is -0.195. The van der Waals surface area contributed by atoms with Crippen LogP contribution in [0.15, 0.2) is 0 Å². The number of likely N-dealkylation sites (tertiary alicyclic amines) is 2. The number of piperidine rings is 2. The molecule has 2 aliphatic heterocycles. The fourth-order valence-corrected chi connectivity index (χ4v) is 4.87. The van der Waals surface area contributed by atoms with Crippen LogP contribution < -0.4 is 0 Å². The lowest BCUT2D eigenvalue weighted by atomic mass is 9.98. The van der Waals surface area contributed by atoms with Gasteiger partial charge in [0.2, 0.25) is 5.01 Å². The van der Waals surface area contributed by atoms with E-state index >= 15 is 0 Å². The largest absolute Gasteiger partial charge is 0.469 e. The van der Waals surface area contributed by atoms with Gasteiger partial charge in [0.25, 0.3) is 5.91 Å². The smallest absolute Gasteiger partial charge is 0.410 e. The second-order valence-electron chi connectivity index (χ2n) is 9.38. The van der Waals surface area contributed by atoms with E-state index in [1.807, 2.05) is 20.8 Å². The fraction of sp³-hybridized carbons (Fsp3) is 0.773. The molecule has 1 aromatic rings. The van der Waals surface area contributed by atoms with Crippen LogP contribution in [0.3, 0.4) is 0 Å². The fourth-order valence-electron chi connectivity index (χ4n) is 3.89. The van der Waals surface area contributed by atoms with Crippen LogP contribution in [0.1, 0.15) is 73.6 Å². The molecule has 1 aromatic heterocycles. The van der Waals surface area contributed by atoms with E-state index in [1.165, 1.54) is 18.4 Å². The number of nitrogens with zero attached hydrogens (tertiary/aromatic N) is 4. The zero-order valence-corrected chi connectivity index (χ0v) is 20.7. The van der Waals surface area contributed by atoms with E-state index in [-0.39, 0.29) is 36.4 Å². The highest BCUT2D eigenvalue weighted by Crippen LogP contribution is 2.31. The van der Waals surface area contributed by atoms with Crippen molar-refractivity contribution < 1.29 is 28.6 Å². The van der Waals surface area contributed by atoms with Crippen LogP contribution in [0.2, 0.25) is 0 Å². The number of amides is 2. The van der Waals surface area contributed by atoms with E-state index < -0.39 is 5.60 Å². The van der Waals surface area contributed by atoms with Crippen molar-refractivity contribution in [3.05, 3.63) is 10.0 Å². The van der Waals surface area contributed by atoms with Crippen molar-refractivity contribution in [1.82, 2.24) is 20.0 Å². The maximum Gasteiger partial charge on any atom is 0.410 e. The molecule has 0 N–H and O–H groups in total. The lowest BCUT2D eigenvalue weighted by Gasteiger charge is -2.32. The van der Waals surface area contributed by atoms with Gasteiger partial charge in [0.1, 0.15) is 10.6 Å². The first kappa shape index (κ1) is 25.4. The Hall–Kier alpha value is -2.27. The van der Waals surface area contributed by atoms with Crippen molar-refractivity contribution in [1.29, 1.82) is 0 Å². The molecule has 3 heterocycles. The molecule has 0 spiro atoms. The summed E-state index contributed by atoms with van der Waals surface area (Å²) < 4.78 is 15.8. The Morgan fingerprint density at radius 3 is 2.24 bits per heavy atom. The second kappa shape index (κ2) is 11.2. The van der Waals surface area contributed by atoms with Gasteiger partial charge in [-0.3, -0.25) is 9.59 Å². The number of carbonyl (C=O) groups is 3. The standard InChI is InChI=1S/C22H34N4O6S/c1-22(2,3)32-21(29)26-10-5-15(6-11-26)18-23-24-19(33-18)20(28)25-12-7-16(8-13-25)31-14-9-17(27)30-4/h15-16H,5-14H2,1-4H3. The molecule has 0 saturated carbocycles. The molecule has 0 unspecified atom stereocenters. The van der Waals surface area contributed by atoms with Crippen molar-refractivity contribution in [2.24, 2.45) is 0 Å². The van der Waals surface area contributed by atoms with Crippen LogP contribution in [0.4, 0.5) is 4.79 Å². The van der Waals surface area contributed by atoms with E-state index in [1.54, 1.807) is 9.80 Å². The van der Waals surface area contributed by atoms with Gasteiger partial charge in [-0.1, -0.05) is 11.3 Å². The van der Waals surface area contributed by atoms with Gasteiger partial charge < -0.3 is 24.0 Å². The highest BCUT2D eigenvalue weighted by atomic mass is 32.1. The molecule has 184 valence electrons. The molecule has 33 heavy (non-hydrogen) atoms. The molecule has 0 bridgehead atoms. The average molecular weight is 483 g/mol. The molecule has 2 fully saturated rings. The monoisotopic (exact) mass is 482 g/mol. The van der Waals surface area contributed by atoms with Crippen LogP contribution in [-0.4, -0.2) is 89.6 Å². The Bertz CT molecular complexity index is 823. The molecule has 3 rings (SSSR count). The van der Waals surface area contributed by atoms with Crippen LogP contribution in [0.5, 0.6) is 0 Å². The molecule has 0 aromatic carbocycles. The number of rotatable bonds is 6. The van der Waals surface area contributed by atoms with E-state index in [9.17, 15) is 14.4 Å². The van der Waals surface area contributed by atoms with Gasteiger partial charge in [-0.25, -0.2) is 4.79 Å². The molecule has 2 saturated heterocycles. The summed E-state index contributed by atoms with van der Waals surface area (Å²) in [5, 5.41) is 9.70.